The Hall–Kier alpha value is -1.80. The maximum atomic E-state index is 12.1. The number of hydrogen-bond donors (Lipinski definition) is 0. The van der Waals surface area contributed by atoms with Gasteiger partial charge < -0.3 is 4.74 Å². The molecular formula is C15H15NO3S. The maximum Gasteiger partial charge on any atom is 0.159 e. The van der Waals surface area contributed by atoms with Crippen molar-refractivity contribution >= 4 is 15.4 Å². The molecule has 2 aliphatic heterocycles. The molecule has 5 heteroatoms. The van der Waals surface area contributed by atoms with E-state index in [1.54, 1.807) is 6.07 Å². The number of methoxy groups -OCH3 is 1. The normalized spacial score (nSPS) is 26.7. The van der Waals surface area contributed by atoms with Gasteiger partial charge in [0.15, 0.2) is 9.84 Å². The summed E-state index contributed by atoms with van der Waals surface area (Å²) in [7, 11) is -1.46. The zero-order chi connectivity index (χ0) is 14.3. The molecule has 4 nitrogen and oxygen atoms in total. The fourth-order valence-corrected chi connectivity index (χ4v) is 5.33. The van der Waals surface area contributed by atoms with E-state index < -0.39 is 9.84 Å². The smallest absolute Gasteiger partial charge is 0.159 e. The summed E-state index contributed by atoms with van der Waals surface area (Å²) in [5.41, 5.74) is 2.25. The third kappa shape index (κ3) is 1.83. The van der Waals surface area contributed by atoms with E-state index >= 15 is 0 Å². The van der Waals surface area contributed by atoms with Gasteiger partial charge in [-0.25, -0.2) is 8.42 Å². The minimum Gasteiger partial charge on any atom is -0.495 e. The Morgan fingerprint density at radius 2 is 2.15 bits per heavy atom. The first-order valence-corrected chi connectivity index (χ1v) is 8.19. The van der Waals surface area contributed by atoms with Gasteiger partial charge >= 0.3 is 0 Å². The Morgan fingerprint density at radius 3 is 2.80 bits per heavy atom. The third-order valence-corrected chi connectivity index (χ3v) is 6.75. The van der Waals surface area contributed by atoms with Crippen LogP contribution in [0.25, 0.3) is 5.57 Å². The van der Waals surface area contributed by atoms with Crippen LogP contribution < -0.4 is 4.74 Å². The van der Waals surface area contributed by atoms with Gasteiger partial charge in [0.1, 0.15) is 17.4 Å². The summed E-state index contributed by atoms with van der Waals surface area (Å²) in [5.74, 6) is 0.534. The molecule has 1 aromatic rings. The molecule has 2 unspecified atom stereocenters. The number of rotatable bonds is 2. The third-order valence-electron chi connectivity index (χ3n) is 4.20. The van der Waals surface area contributed by atoms with Gasteiger partial charge in [-0.15, -0.1) is 0 Å². The summed E-state index contributed by atoms with van der Waals surface area (Å²) < 4.78 is 29.4. The predicted octanol–water partition coefficient (Wildman–Crippen LogP) is 2.30. The van der Waals surface area contributed by atoms with Crippen molar-refractivity contribution in [2.75, 3.05) is 7.11 Å². The average molecular weight is 289 g/mol. The lowest BCUT2D eigenvalue weighted by Crippen LogP contribution is -2.26. The van der Waals surface area contributed by atoms with Crippen molar-refractivity contribution < 1.29 is 13.2 Å². The first-order chi connectivity index (χ1) is 9.57. The highest BCUT2D eigenvalue weighted by Crippen LogP contribution is 2.42. The van der Waals surface area contributed by atoms with Gasteiger partial charge in [-0.1, -0.05) is 18.2 Å². The second-order valence-corrected chi connectivity index (χ2v) is 7.67. The molecule has 1 saturated heterocycles. The average Bonchev–Trinajstić information content (AvgIpc) is 2.65. The molecule has 104 valence electrons. The maximum absolute atomic E-state index is 12.1. The lowest BCUT2D eigenvalue weighted by molar-refractivity contribution is 0.413. The molecule has 0 radical (unpaired) electrons. The SMILES string of the molecule is COc1cccc(C2=CC3CCC(C2)S3(=O)=O)c1C#N. The lowest BCUT2D eigenvalue weighted by atomic mass is 9.95. The van der Waals surface area contributed by atoms with E-state index in [9.17, 15) is 13.7 Å². The van der Waals surface area contributed by atoms with E-state index in [0.29, 0.717) is 24.2 Å². The second kappa shape index (κ2) is 4.64. The Morgan fingerprint density at radius 1 is 1.35 bits per heavy atom. The summed E-state index contributed by atoms with van der Waals surface area (Å²) in [4.78, 5) is 0. The molecule has 0 aliphatic carbocycles. The number of benzene rings is 1. The molecule has 0 saturated carbocycles. The standard InChI is InChI=1S/C15H15NO3S/c1-19-15-4-2-3-13(14(15)9-16)10-7-11-5-6-12(8-10)20(11,17)18/h2-4,7,11-12H,5-6,8H2,1H3. The van der Waals surface area contributed by atoms with Gasteiger partial charge in [0.2, 0.25) is 0 Å². The van der Waals surface area contributed by atoms with E-state index in [0.717, 1.165) is 17.6 Å². The Bertz CT molecular complexity index is 728. The van der Waals surface area contributed by atoms with Crippen molar-refractivity contribution in [2.45, 2.75) is 29.8 Å². The minimum absolute atomic E-state index is 0.287. The Balaban J connectivity index is 2.11. The molecular weight excluding hydrogens is 274 g/mol. The van der Waals surface area contributed by atoms with Crippen molar-refractivity contribution in [1.82, 2.24) is 0 Å². The van der Waals surface area contributed by atoms with E-state index in [2.05, 4.69) is 6.07 Å². The van der Waals surface area contributed by atoms with Crippen LogP contribution in [0.5, 0.6) is 5.75 Å². The highest BCUT2D eigenvalue weighted by molar-refractivity contribution is 7.93. The predicted molar refractivity (Wildman–Crippen MR) is 76.0 cm³/mol. The van der Waals surface area contributed by atoms with E-state index in [1.807, 2.05) is 18.2 Å². The van der Waals surface area contributed by atoms with Crippen LogP contribution in [0.2, 0.25) is 0 Å². The second-order valence-electron chi connectivity index (χ2n) is 5.22. The molecule has 2 atom stereocenters. The highest BCUT2D eigenvalue weighted by atomic mass is 32.2. The molecule has 2 heterocycles. The van der Waals surface area contributed by atoms with Crippen LogP contribution in [-0.4, -0.2) is 26.0 Å². The van der Waals surface area contributed by atoms with Gasteiger partial charge in [-0.2, -0.15) is 5.26 Å². The van der Waals surface area contributed by atoms with Crippen molar-refractivity contribution in [3.63, 3.8) is 0 Å². The van der Waals surface area contributed by atoms with E-state index in [4.69, 9.17) is 4.74 Å². The molecule has 1 aromatic carbocycles. The van der Waals surface area contributed by atoms with Crippen LogP contribution in [0.15, 0.2) is 24.3 Å². The molecule has 20 heavy (non-hydrogen) atoms. The first kappa shape index (κ1) is 13.2. The topological polar surface area (TPSA) is 67.2 Å². The van der Waals surface area contributed by atoms with Gasteiger partial charge in [0.05, 0.1) is 17.6 Å². The van der Waals surface area contributed by atoms with Gasteiger partial charge in [0, 0.05) is 0 Å². The van der Waals surface area contributed by atoms with Crippen LogP contribution in [0, 0.1) is 11.3 Å². The van der Waals surface area contributed by atoms with Gasteiger partial charge in [-0.05, 0) is 36.5 Å². The summed E-state index contributed by atoms with van der Waals surface area (Å²) in [6.07, 6.45) is 3.75. The number of allylic oxidation sites excluding steroid dienone is 1. The molecule has 0 spiro atoms. The largest absolute Gasteiger partial charge is 0.495 e. The molecule has 2 bridgehead atoms. The molecule has 0 aromatic heterocycles. The van der Waals surface area contributed by atoms with Crippen LogP contribution >= 0.6 is 0 Å². The summed E-state index contributed by atoms with van der Waals surface area (Å²) in [6, 6.07) is 7.61. The lowest BCUT2D eigenvalue weighted by Gasteiger charge is -2.21. The number of ether oxygens (including phenoxy) is 1. The van der Waals surface area contributed by atoms with Crippen molar-refractivity contribution in [1.29, 1.82) is 5.26 Å². The Kier molecular flexibility index (Phi) is 3.06. The van der Waals surface area contributed by atoms with Crippen LogP contribution in [0.1, 0.15) is 30.4 Å². The van der Waals surface area contributed by atoms with Gasteiger partial charge in [0.25, 0.3) is 0 Å². The van der Waals surface area contributed by atoms with Crippen LogP contribution in [0.3, 0.4) is 0 Å². The quantitative estimate of drug-likeness (QED) is 0.838. The summed E-state index contributed by atoms with van der Waals surface area (Å²) in [5, 5.41) is 8.67. The number of nitrogens with zero attached hydrogens (tertiary/aromatic N) is 1. The monoisotopic (exact) mass is 289 g/mol. The molecule has 1 fully saturated rings. The first-order valence-electron chi connectivity index (χ1n) is 6.59. The Labute approximate surface area is 118 Å². The summed E-state index contributed by atoms with van der Waals surface area (Å²) in [6.45, 7) is 0. The zero-order valence-corrected chi connectivity index (χ0v) is 12.0. The molecule has 0 N–H and O–H groups in total. The number of fused-ring (bicyclic) bond motifs is 2. The number of hydrogen-bond acceptors (Lipinski definition) is 4. The van der Waals surface area contributed by atoms with Crippen molar-refractivity contribution in [3.8, 4) is 11.8 Å². The van der Waals surface area contributed by atoms with Gasteiger partial charge in [-0.3, -0.25) is 0 Å². The molecule has 3 rings (SSSR count). The molecule has 2 aliphatic rings. The number of nitriles is 1. The fraction of sp³-hybridized carbons (Fsp3) is 0.400. The van der Waals surface area contributed by atoms with Crippen LogP contribution in [-0.2, 0) is 9.84 Å². The number of sulfone groups is 1. The summed E-state index contributed by atoms with van der Waals surface area (Å²) >= 11 is 0. The van der Waals surface area contributed by atoms with Crippen molar-refractivity contribution in [2.24, 2.45) is 0 Å². The minimum atomic E-state index is -3.00. The van der Waals surface area contributed by atoms with E-state index in [-0.39, 0.29) is 10.5 Å². The highest BCUT2D eigenvalue weighted by Gasteiger charge is 2.43. The fourth-order valence-electron chi connectivity index (χ4n) is 3.14. The van der Waals surface area contributed by atoms with Crippen molar-refractivity contribution in [3.05, 3.63) is 35.4 Å². The van der Waals surface area contributed by atoms with E-state index in [1.165, 1.54) is 7.11 Å². The molecule has 0 amide bonds. The zero-order valence-electron chi connectivity index (χ0n) is 11.2. The van der Waals surface area contributed by atoms with Crippen LogP contribution in [0.4, 0.5) is 0 Å².